The molecule has 0 saturated heterocycles. The molecule has 12 heavy (non-hydrogen) atoms. The van der Waals surface area contributed by atoms with E-state index in [0.717, 1.165) is 0 Å². The van der Waals surface area contributed by atoms with E-state index in [1.54, 1.807) is 13.0 Å². The molecule has 6 heteroatoms. The van der Waals surface area contributed by atoms with Gasteiger partial charge in [-0.1, -0.05) is 12.2 Å². The molecule has 1 atom stereocenters. The second kappa shape index (κ2) is 5.11. The molecule has 0 spiro atoms. The van der Waals surface area contributed by atoms with Crippen LogP contribution in [0.4, 0.5) is 0 Å². The third kappa shape index (κ3) is 4.26. The number of carboxylic acids is 1. The summed E-state index contributed by atoms with van der Waals surface area (Å²) in [6.45, 7) is 1.69. The van der Waals surface area contributed by atoms with Crippen LogP contribution >= 0.6 is 0 Å². The Balaban J connectivity index is 4.04. The molecule has 0 amide bonds. The molecule has 0 radical (unpaired) electrons. The smallest absolute Gasteiger partial charge is 0.333 e. The van der Waals surface area contributed by atoms with Gasteiger partial charge in [-0.2, -0.15) is 0 Å². The Hall–Kier alpha value is -1.59. The van der Waals surface area contributed by atoms with Crippen molar-refractivity contribution in [3.63, 3.8) is 0 Å². The van der Waals surface area contributed by atoms with Crippen LogP contribution in [0.5, 0.6) is 0 Å². The van der Waals surface area contributed by atoms with Crippen molar-refractivity contribution in [1.82, 2.24) is 0 Å². The number of nitrogens with zero attached hydrogens (tertiary/aromatic N) is 1. The first kappa shape index (κ1) is 10.4. The summed E-state index contributed by atoms with van der Waals surface area (Å²) in [5.41, 5.74) is 0. The Morgan fingerprint density at radius 3 is 2.75 bits per heavy atom. The first-order valence-electron chi connectivity index (χ1n) is 3.23. The van der Waals surface area contributed by atoms with E-state index in [-0.39, 0.29) is 6.42 Å². The molecule has 0 saturated carbocycles. The van der Waals surface area contributed by atoms with Gasteiger partial charge in [0.15, 0.2) is 0 Å². The predicted octanol–water partition coefficient (Wildman–Crippen LogP) is 0.614. The minimum atomic E-state index is -1.41. The molecule has 0 aromatic carbocycles. The number of aliphatic carboxylic acids is 1. The van der Waals surface area contributed by atoms with Crippen molar-refractivity contribution in [2.24, 2.45) is 0 Å². The third-order valence-electron chi connectivity index (χ3n) is 1.07. The highest BCUT2D eigenvalue weighted by molar-refractivity contribution is 5.72. The summed E-state index contributed by atoms with van der Waals surface area (Å²) in [7, 11) is 0. The van der Waals surface area contributed by atoms with Gasteiger partial charge in [-0.05, 0) is 6.92 Å². The molecular formula is C6H9NO5. The zero-order chi connectivity index (χ0) is 9.56. The minimum absolute atomic E-state index is 0.00713. The maximum atomic E-state index is 10.3. The van der Waals surface area contributed by atoms with Crippen LogP contribution in [0, 0.1) is 10.1 Å². The summed E-state index contributed by atoms with van der Waals surface area (Å²) in [5.74, 6) is -1.34. The number of rotatable bonds is 5. The van der Waals surface area contributed by atoms with Gasteiger partial charge >= 0.3 is 5.97 Å². The van der Waals surface area contributed by atoms with E-state index in [1.165, 1.54) is 6.08 Å². The molecule has 0 rings (SSSR count). The zero-order valence-electron chi connectivity index (χ0n) is 6.47. The Morgan fingerprint density at radius 2 is 2.42 bits per heavy atom. The van der Waals surface area contributed by atoms with Crippen molar-refractivity contribution >= 4 is 5.97 Å². The van der Waals surface area contributed by atoms with Crippen LogP contribution in [0.25, 0.3) is 0 Å². The van der Waals surface area contributed by atoms with Crippen LogP contribution in [0.3, 0.4) is 0 Å². The lowest BCUT2D eigenvalue weighted by Gasteiger charge is -2.05. The van der Waals surface area contributed by atoms with Crippen molar-refractivity contribution < 1.29 is 19.8 Å². The Bertz CT molecular complexity index is 200. The van der Waals surface area contributed by atoms with E-state index >= 15 is 0 Å². The molecule has 1 unspecified atom stereocenters. The molecule has 0 aromatic heterocycles. The summed E-state index contributed by atoms with van der Waals surface area (Å²) < 4.78 is 0. The number of carboxylic acid groups (broad SMARTS) is 1. The molecular weight excluding hydrogens is 166 g/mol. The van der Waals surface area contributed by atoms with E-state index in [0.29, 0.717) is 0 Å². The predicted molar refractivity (Wildman–Crippen MR) is 38.9 cm³/mol. The zero-order valence-corrected chi connectivity index (χ0v) is 6.47. The summed E-state index contributed by atoms with van der Waals surface area (Å²) in [4.78, 5) is 23.9. The fourth-order valence-electron chi connectivity index (χ4n) is 0.553. The van der Waals surface area contributed by atoms with Gasteiger partial charge in [0.05, 0.1) is 0 Å². The van der Waals surface area contributed by atoms with Gasteiger partial charge in [0.1, 0.15) is 0 Å². The maximum absolute atomic E-state index is 10.3. The van der Waals surface area contributed by atoms with E-state index in [2.05, 4.69) is 4.84 Å². The SMILES string of the molecule is CC=CCC(O[N+](=O)[O-])C(=O)O. The van der Waals surface area contributed by atoms with Crippen LogP contribution in [0.15, 0.2) is 12.2 Å². The second-order valence-electron chi connectivity index (χ2n) is 1.96. The number of hydrogen-bond acceptors (Lipinski definition) is 4. The summed E-state index contributed by atoms with van der Waals surface area (Å²) in [5, 5.41) is 17.0. The Kier molecular flexibility index (Phi) is 4.43. The summed E-state index contributed by atoms with van der Waals surface area (Å²) in [6.07, 6.45) is 1.67. The minimum Gasteiger partial charge on any atom is -0.480 e. The van der Waals surface area contributed by atoms with Crippen LogP contribution in [0.2, 0.25) is 0 Å². The highest BCUT2D eigenvalue weighted by atomic mass is 17.0. The number of allylic oxidation sites excluding steroid dienone is 1. The highest BCUT2D eigenvalue weighted by Gasteiger charge is 2.19. The monoisotopic (exact) mass is 175 g/mol. The number of hydrogen-bond donors (Lipinski definition) is 1. The van der Waals surface area contributed by atoms with E-state index < -0.39 is 17.2 Å². The lowest BCUT2D eigenvalue weighted by molar-refractivity contribution is -0.764. The fourth-order valence-corrected chi connectivity index (χ4v) is 0.553. The van der Waals surface area contributed by atoms with Crippen molar-refractivity contribution in [3.8, 4) is 0 Å². The van der Waals surface area contributed by atoms with Crippen molar-refractivity contribution in [3.05, 3.63) is 22.3 Å². The quantitative estimate of drug-likeness (QED) is 0.375. The van der Waals surface area contributed by atoms with E-state index in [1.807, 2.05) is 0 Å². The molecule has 0 heterocycles. The maximum Gasteiger partial charge on any atom is 0.333 e. The second-order valence-corrected chi connectivity index (χ2v) is 1.96. The van der Waals surface area contributed by atoms with Gasteiger partial charge in [0.2, 0.25) is 6.10 Å². The molecule has 0 aliphatic rings. The highest BCUT2D eigenvalue weighted by Crippen LogP contribution is 2.00. The van der Waals surface area contributed by atoms with Gasteiger partial charge in [-0.3, -0.25) is 4.84 Å². The average Bonchev–Trinajstić information content (AvgIpc) is 1.96. The summed E-state index contributed by atoms with van der Waals surface area (Å²) >= 11 is 0. The average molecular weight is 175 g/mol. The van der Waals surface area contributed by atoms with Crippen molar-refractivity contribution in [1.29, 1.82) is 0 Å². The summed E-state index contributed by atoms with van der Waals surface area (Å²) in [6, 6.07) is 0. The van der Waals surface area contributed by atoms with Gasteiger partial charge in [-0.25, -0.2) is 4.79 Å². The first-order valence-corrected chi connectivity index (χ1v) is 3.23. The molecule has 1 N–H and O–H groups in total. The fraction of sp³-hybridized carbons (Fsp3) is 0.500. The topological polar surface area (TPSA) is 89.7 Å². The van der Waals surface area contributed by atoms with Crippen molar-refractivity contribution in [2.75, 3.05) is 0 Å². The molecule has 0 bridgehead atoms. The first-order chi connectivity index (χ1) is 5.57. The van der Waals surface area contributed by atoms with Crippen LogP contribution < -0.4 is 0 Å². The van der Waals surface area contributed by atoms with Gasteiger partial charge in [0, 0.05) is 6.42 Å². The number of carbonyl (C=O) groups is 1. The van der Waals surface area contributed by atoms with Crippen LogP contribution in [-0.2, 0) is 9.63 Å². The van der Waals surface area contributed by atoms with Gasteiger partial charge in [-0.15, -0.1) is 10.1 Å². The molecule has 0 aliphatic carbocycles. The Morgan fingerprint density at radius 1 is 1.83 bits per heavy atom. The lowest BCUT2D eigenvalue weighted by Crippen LogP contribution is -2.25. The Labute approximate surface area is 68.6 Å². The molecule has 0 aliphatic heterocycles. The molecule has 0 fully saturated rings. The van der Waals surface area contributed by atoms with E-state index in [9.17, 15) is 14.9 Å². The standard InChI is InChI=1S/C6H9NO5/c1-2-3-4-5(6(8)9)12-7(10)11/h2-3,5H,4H2,1H3,(H,8,9). The molecule has 68 valence electrons. The molecule has 0 aromatic rings. The lowest BCUT2D eigenvalue weighted by atomic mass is 10.2. The third-order valence-corrected chi connectivity index (χ3v) is 1.07. The van der Waals surface area contributed by atoms with Crippen LogP contribution in [-0.4, -0.2) is 22.3 Å². The van der Waals surface area contributed by atoms with Gasteiger partial charge < -0.3 is 5.11 Å². The van der Waals surface area contributed by atoms with Gasteiger partial charge in [0.25, 0.3) is 5.09 Å². The largest absolute Gasteiger partial charge is 0.480 e. The van der Waals surface area contributed by atoms with Crippen molar-refractivity contribution in [2.45, 2.75) is 19.4 Å². The molecule has 6 nitrogen and oxygen atoms in total. The normalized spacial score (nSPS) is 12.8. The van der Waals surface area contributed by atoms with Crippen LogP contribution in [0.1, 0.15) is 13.3 Å². The van der Waals surface area contributed by atoms with E-state index in [4.69, 9.17) is 5.11 Å².